The highest BCUT2D eigenvalue weighted by atomic mass is 16.5. The second-order valence-corrected chi connectivity index (χ2v) is 4.96. The van der Waals surface area contributed by atoms with E-state index in [2.05, 4.69) is 5.32 Å². The van der Waals surface area contributed by atoms with E-state index in [4.69, 9.17) is 10.5 Å². The number of esters is 1. The van der Waals surface area contributed by atoms with Crippen LogP contribution in [0.15, 0.2) is 12.3 Å². The summed E-state index contributed by atoms with van der Waals surface area (Å²) in [6, 6.07) is 2.10. The number of nitrogens with zero attached hydrogens (tertiary/aromatic N) is 1. The highest BCUT2D eigenvalue weighted by Gasteiger charge is 2.27. The van der Waals surface area contributed by atoms with Gasteiger partial charge in [-0.25, -0.2) is 0 Å². The van der Waals surface area contributed by atoms with Crippen LogP contribution in [0.3, 0.4) is 0 Å². The van der Waals surface area contributed by atoms with Gasteiger partial charge in [-0.15, -0.1) is 0 Å². The Hall–Kier alpha value is -1.98. The number of carbonyl (C=O) groups excluding carboxylic acids is 2. The molecule has 1 aliphatic rings. The van der Waals surface area contributed by atoms with Crippen molar-refractivity contribution in [2.75, 3.05) is 18.9 Å². The van der Waals surface area contributed by atoms with Gasteiger partial charge in [0, 0.05) is 25.2 Å². The van der Waals surface area contributed by atoms with Gasteiger partial charge in [-0.2, -0.15) is 0 Å². The molecule has 0 aliphatic heterocycles. The smallest absolute Gasteiger partial charge is 0.305 e. The summed E-state index contributed by atoms with van der Waals surface area (Å²) in [5.74, 6) is -0.371. The summed E-state index contributed by atoms with van der Waals surface area (Å²) in [5.41, 5.74) is 6.95. The van der Waals surface area contributed by atoms with Crippen molar-refractivity contribution < 1.29 is 14.3 Å². The topological polar surface area (TPSA) is 86.3 Å². The first kappa shape index (κ1) is 14.4. The van der Waals surface area contributed by atoms with E-state index in [-0.39, 0.29) is 11.9 Å². The zero-order valence-electron chi connectivity index (χ0n) is 11.7. The van der Waals surface area contributed by atoms with Crippen LogP contribution in [0, 0.1) is 0 Å². The maximum absolute atomic E-state index is 12.1. The monoisotopic (exact) mass is 279 g/mol. The van der Waals surface area contributed by atoms with Crippen LogP contribution in [-0.4, -0.2) is 29.6 Å². The lowest BCUT2D eigenvalue weighted by molar-refractivity contribution is -0.143. The van der Waals surface area contributed by atoms with Crippen LogP contribution in [0.5, 0.6) is 0 Å². The number of nitrogen functional groups attached to an aromatic ring is 1. The number of ether oxygens (including phenoxy) is 1. The summed E-state index contributed by atoms with van der Waals surface area (Å²) in [4.78, 5) is 23.2. The molecule has 0 radical (unpaired) electrons. The van der Waals surface area contributed by atoms with E-state index in [1.807, 2.05) is 10.8 Å². The number of carbonyl (C=O) groups is 2. The lowest BCUT2D eigenvalue weighted by atomic mass is 10.3. The number of amides is 1. The second kappa shape index (κ2) is 6.45. The molecule has 1 aromatic heterocycles. The molecule has 6 nitrogen and oxygen atoms in total. The maximum Gasteiger partial charge on any atom is 0.305 e. The summed E-state index contributed by atoms with van der Waals surface area (Å²) in [5, 5.41) is 2.81. The van der Waals surface area contributed by atoms with Crippen LogP contribution in [0.1, 0.15) is 49.1 Å². The Balaban J connectivity index is 1.79. The van der Waals surface area contributed by atoms with E-state index in [9.17, 15) is 9.59 Å². The number of nitrogens with one attached hydrogen (secondary N) is 1. The van der Waals surface area contributed by atoms with E-state index >= 15 is 0 Å². The predicted octanol–water partition coefficient (Wildman–Crippen LogP) is 1.48. The molecule has 0 saturated heterocycles. The number of nitrogens with two attached hydrogens (primary N) is 1. The van der Waals surface area contributed by atoms with Crippen LogP contribution in [0.2, 0.25) is 0 Å². The average molecular weight is 279 g/mol. The Morgan fingerprint density at radius 3 is 2.90 bits per heavy atom. The number of rotatable bonds is 7. The molecular weight excluding hydrogens is 258 g/mol. The Morgan fingerprint density at radius 1 is 1.50 bits per heavy atom. The van der Waals surface area contributed by atoms with Crippen molar-refractivity contribution in [2.45, 2.75) is 38.6 Å². The zero-order valence-corrected chi connectivity index (χ0v) is 11.7. The third-order valence-electron chi connectivity index (χ3n) is 3.19. The molecule has 0 spiro atoms. The first-order valence-corrected chi connectivity index (χ1v) is 7.03. The van der Waals surface area contributed by atoms with Crippen LogP contribution < -0.4 is 11.1 Å². The zero-order chi connectivity index (χ0) is 14.5. The van der Waals surface area contributed by atoms with Crippen molar-refractivity contribution in [3.05, 3.63) is 18.0 Å². The Morgan fingerprint density at radius 2 is 2.25 bits per heavy atom. The first-order valence-electron chi connectivity index (χ1n) is 7.03. The fourth-order valence-electron chi connectivity index (χ4n) is 2.10. The lowest BCUT2D eigenvalue weighted by Crippen LogP contribution is -2.27. The third kappa shape index (κ3) is 3.76. The first-order chi connectivity index (χ1) is 9.61. The van der Waals surface area contributed by atoms with Crippen molar-refractivity contribution >= 4 is 17.6 Å². The molecule has 1 amide bonds. The summed E-state index contributed by atoms with van der Waals surface area (Å²) in [6.45, 7) is 2.61. The van der Waals surface area contributed by atoms with Gasteiger partial charge in [0.2, 0.25) is 0 Å². The largest absolute Gasteiger partial charge is 0.466 e. The number of anilines is 1. The molecule has 2 rings (SSSR count). The van der Waals surface area contributed by atoms with Crippen molar-refractivity contribution in [3.8, 4) is 0 Å². The molecule has 110 valence electrons. The highest BCUT2D eigenvalue weighted by Crippen LogP contribution is 2.37. The molecule has 1 saturated carbocycles. The SMILES string of the molecule is CCOC(=O)CCCNC(=O)c1cc(N)cn1C1CC1. The minimum absolute atomic E-state index is 0.141. The van der Waals surface area contributed by atoms with E-state index in [1.54, 1.807) is 13.0 Å². The van der Waals surface area contributed by atoms with Gasteiger partial charge in [0.1, 0.15) is 5.69 Å². The molecule has 1 aromatic rings. The standard InChI is InChI=1S/C14H21N3O3/c1-2-20-13(18)4-3-7-16-14(19)12-8-10(15)9-17(12)11-5-6-11/h8-9,11H,2-7,15H2,1H3,(H,16,19). The van der Waals surface area contributed by atoms with E-state index in [1.165, 1.54) is 0 Å². The van der Waals surface area contributed by atoms with Gasteiger partial charge in [-0.1, -0.05) is 0 Å². The summed E-state index contributed by atoms with van der Waals surface area (Å²) in [6.07, 6.45) is 4.89. The highest BCUT2D eigenvalue weighted by molar-refractivity contribution is 5.93. The molecule has 3 N–H and O–H groups in total. The van der Waals surface area contributed by atoms with E-state index in [0.29, 0.717) is 43.4 Å². The minimum Gasteiger partial charge on any atom is -0.466 e. The predicted molar refractivity (Wildman–Crippen MR) is 75.3 cm³/mol. The molecule has 0 aromatic carbocycles. The van der Waals surface area contributed by atoms with Gasteiger partial charge >= 0.3 is 5.97 Å². The number of hydrogen-bond donors (Lipinski definition) is 2. The Labute approximate surface area is 118 Å². The minimum atomic E-state index is -0.229. The molecule has 1 heterocycles. The van der Waals surface area contributed by atoms with E-state index in [0.717, 1.165) is 12.8 Å². The van der Waals surface area contributed by atoms with Gasteiger partial charge in [-0.05, 0) is 32.3 Å². The summed E-state index contributed by atoms with van der Waals surface area (Å²) in [7, 11) is 0. The third-order valence-corrected chi connectivity index (χ3v) is 3.19. The summed E-state index contributed by atoms with van der Waals surface area (Å²) < 4.78 is 6.76. The van der Waals surface area contributed by atoms with Gasteiger partial charge in [-0.3, -0.25) is 9.59 Å². The lowest BCUT2D eigenvalue weighted by Gasteiger charge is -2.08. The number of hydrogen-bond acceptors (Lipinski definition) is 4. The van der Waals surface area contributed by atoms with Crippen molar-refractivity contribution in [2.24, 2.45) is 0 Å². The van der Waals surface area contributed by atoms with Crippen LogP contribution in [-0.2, 0) is 9.53 Å². The van der Waals surface area contributed by atoms with Gasteiger partial charge in [0.15, 0.2) is 0 Å². The molecule has 1 fully saturated rings. The fourth-order valence-corrected chi connectivity index (χ4v) is 2.10. The molecule has 0 unspecified atom stereocenters. The number of aromatic nitrogens is 1. The maximum atomic E-state index is 12.1. The van der Waals surface area contributed by atoms with Crippen LogP contribution in [0.4, 0.5) is 5.69 Å². The Kier molecular flexibility index (Phi) is 4.65. The quantitative estimate of drug-likeness (QED) is 0.584. The average Bonchev–Trinajstić information content (AvgIpc) is 3.18. The van der Waals surface area contributed by atoms with Gasteiger partial charge < -0.3 is 20.4 Å². The van der Waals surface area contributed by atoms with Gasteiger partial charge in [0.05, 0.1) is 12.3 Å². The normalized spacial score (nSPS) is 14.1. The van der Waals surface area contributed by atoms with Crippen molar-refractivity contribution in [1.82, 2.24) is 9.88 Å². The molecule has 20 heavy (non-hydrogen) atoms. The molecule has 6 heteroatoms. The second-order valence-electron chi connectivity index (χ2n) is 4.96. The summed E-state index contributed by atoms with van der Waals surface area (Å²) >= 11 is 0. The van der Waals surface area contributed by atoms with Crippen molar-refractivity contribution in [3.63, 3.8) is 0 Å². The molecule has 1 aliphatic carbocycles. The molecular formula is C14H21N3O3. The molecule has 0 bridgehead atoms. The van der Waals surface area contributed by atoms with Gasteiger partial charge in [0.25, 0.3) is 5.91 Å². The van der Waals surface area contributed by atoms with E-state index < -0.39 is 0 Å². The Bertz CT molecular complexity index is 492. The van der Waals surface area contributed by atoms with Crippen LogP contribution >= 0.6 is 0 Å². The van der Waals surface area contributed by atoms with Crippen LogP contribution in [0.25, 0.3) is 0 Å². The molecule has 0 atom stereocenters. The van der Waals surface area contributed by atoms with Crippen molar-refractivity contribution in [1.29, 1.82) is 0 Å². The fraction of sp³-hybridized carbons (Fsp3) is 0.571.